The van der Waals surface area contributed by atoms with Crippen molar-refractivity contribution in [3.63, 3.8) is 0 Å². The molecule has 3 N–H and O–H groups in total. The van der Waals surface area contributed by atoms with Crippen molar-refractivity contribution in [2.75, 3.05) is 0 Å². The van der Waals surface area contributed by atoms with Gasteiger partial charge >= 0.3 is 5.97 Å². The third kappa shape index (κ3) is 8.45. The van der Waals surface area contributed by atoms with E-state index in [-0.39, 0.29) is 12.4 Å². The minimum atomic E-state index is -1.06. The first-order chi connectivity index (χ1) is 6.50. The first-order valence-electron chi connectivity index (χ1n) is 5.14. The predicted molar refractivity (Wildman–Crippen MR) is 65.4 cm³/mol. The maximum atomic E-state index is 10.6. The van der Waals surface area contributed by atoms with Gasteiger partial charge in [0.15, 0.2) is 0 Å². The molecule has 0 unspecified atom stereocenters. The fraction of sp³-hybridized carbons (Fsp3) is 0.727. The van der Waals surface area contributed by atoms with Gasteiger partial charge in [0.1, 0.15) is 5.54 Å². The van der Waals surface area contributed by atoms with Crippen LogP contribution in [0.5, 0.6) is 0 Å². The molecule has 1 atom stereocenters. The minimum absolute atomic E-state index is 0. The molecule has 0 bridgehead atoms. The number of carbonyl (C=O) groups is 1. The largest absolute Gasteiger partial charge is 0.480 e. The highest BCUT2D eigenvalue weighted by molar-refractivity contribution is 5.85. The summed E-state index contributed by atoms with van der Waals surface area (Å²) in [6, 6.07) is 0. The Morgan fingerprint density at radius 3 is 2.40 bits per heavy atom. The van der Waals surface area contributed by atoms with Crippen molar-refractivity contribution in [2.24, 2.45) is 5.73 Å². The van der Waals surface area contributed by atoms with Crippen LogP contribution in [0.2, 0.25) is 0 Å². The van der Waals surface area contributed by atoms with Crippen molar-refractivity contribution < 1.29 is 9.90 Å². The zero-order valence-corrected chi connectivity index (χ0v) is 10.2. The summed E-state index contributed by atoms with van der Waals surface area (Å²) in [5.74, 6) is -0.913. The molecule has 15 heavy (non-hydrogen) atoms. The van der Waals surface area contributed by atoms with Gasteiger partial charge in [-0.2, -0.15) is 0 Å². The van der Waals surface area contributed by atoms with Crippen molar-refractivity contribution in [3.8, 4) is 0 Å². The molecule has 0 aromatic carbocycles. The Bertz CT molecular complexity index is 193. The fourth-order valence-corrected chi connectivity index (χ4v) is 1.24. The molecule has 0 fully saturated rings. The highest BCUT2D eigenvalue weighted by atomic mass is 35.5. The third-order valence-electron chi connectivity index (χ3n) is 2.34. The maximum absolute atomic E-state index is 10.6. The second kappa shape index (κ2) is 8.74. The van der Waals surface area contributed by atoms with Gasteiger partial charge in [-0.05, 0) is 26.2 Å². The van der Waals surface area contributed by atoms with Gasteiger partial charge in [0, 0.05) is 0 Å². The molecule has 0 aliphatic rings. The van der Waals surface area contributed by atoms with Crippen LogP contribution >= 0.6 is 12.4 Å². The quantitative estimate of drug-likeness (QED) is 0.502. The number of carboxylic acid groups (broad SMARTS) is 1. The summed E-state index contributed by atoms with van der Waals surface area (Å²) in [5.41, 5.74) is 4.53. The summed E-state index contributed by atoms with van der Waals surface area (Å²) in [6.07, 6.45) is 7.70. The van der Waals surface area contributed by atoms with Gasteiger partial charge < -0.3 is 10.8 Å². The molecule has 0 aromatic rings. The Hall–Kier alpha value is -0.540. The van der Waals surface area contributed by atoms with E-state index in [1.54, 1.807) is 6.92 Å². The average Bonchev–Trinajstić information content (AvgIpc) is 2.10. The van der Waals surface area contributed by atoms with Crippen LogP contribution in [-0.2, 0) is 4.79 Å². The Balaban J connectivity index is 0. The van der Waals surface area contributed by atoms with Crippen LogP contribution in [0.1, 0.15) is 45.4 Å². The summed E-state index contributed by atoms with van der Waals surface area (Å²) >= 11 is 0. The zero-order chi connectivity index (χ0) is 11.0. The topological polar surface area (TPSA) is 63.3 Å². The van der Waals surface area contributed by atoms with Crippen LogP contribution < -0.4 is 5.73 Å². The van der Waals surface area contributed by atoms with Gasteiger partial charge in [-0.1, -0.05) is 25.3 Å². The number of nitrogens with two attached hydrogens (primary N) is 1. The molecular formula is C11H22ClNO2. The molecule has 0 spiro atoms. The summed E-state index contributed by atoms with van der Waals surface area (Å²) in [7, 11) is 0. The molecule has 90 valence electrons. The molecule has 0 saturated heterocycles. The average molecular weight is 236 g/mol. The smallest absolute Gasteiger partial charge is 0.323 e. The lowest BCUT2D eigenvalue weighted by Gasteiger charge is -2.18. The second-order valence-electron chi connectivity index (χ2n) is 3.96. The Morgan fingerprint density at radius 1 is 1.40 bits per heavy atom. The van der Waals surface area contributed by atoms with Crippen LogP contribution in [-0.4, -0.2) is 16.6 Å². The van der Waals surface area contributed by atoms with E-state index in [2.05, 4.69) is 6.58 Å². The summed E-state index contributed by atoms with van der Waals surface area (Å²) in [6.45, 7) is 5.21. The van der Waals surface area contributed by atoms with E-state index in [9.17, 15) is 4.79 Å². The molecule has 0 saturated carbocycles. The molecule has 3 nitrogen and oxygen atoms in total. The standard InChI is InChI=1S/C11H21NO2.ClH/c1-3-4-5-6-7-8-9-11(2,12)10(13)14;/h3H,1,4-9,12H2,2H3,(H,13,14);1H/t11-;/m1./s1. The Morgan fingerprint density at radius 2 is 1.93 bits per heavy atom. The number of rotatable bonds is 8. The minimum Gasteiger partial charge on any atom is -0.480 e. The zero-order valence-electron chi connectivity index (χ0n) is 9.37. The lowest BCUT2D eigenvalue weighted by molar-refractivity contribution is -0.142. The highest BCUT2D eigenvalue weighted by Gasteiger charge is 2.26. The number of allylic oxidation sites excluding steroid dienone is 1. The number of hydrogen-bond acceptors (Lipinski definition) is 2. The molecule has 0 heterocycles. The highest BCUT2D eigenvalue weighted by Crippen LogP contribution is 2.13. The molecular weight excluding hydrogens is 214 g/mol. The first-order valence-corrected chi connectivity index (χ1v) is 5.14. The van der Waals surface area contributed by atoms with Crippen molar-refractivity contribution in [1.82, 2.24) is 0 Å². The normalized spacial score (nSPS) is 13.7. The first kappa shape index (κ1) is 16.9. The van der Waals surface area contributed by atoms with Gasteiger partial charge in [-0.25, -0.2) is 0 Å². The van der Waals surface area contributed by atoms with E-state index in [1.165, 1.54) is 0 Å². The number of aliphatic carboxylic acids is 1. The molecule has 0 radical (unpaired) electrons. The van der Waals surface area contributed by atoms with E-state index in [0.717, 1.165) is 32.1 Å². The maximum Gasteiger partial charge on any atom is 0.323 e. The fourth-order valence-electron chi connectivity index (χ4n) is 1.24. The molecule has 4 heteroatoms. The van der Waals surface area contributed by atoms with Crippen molar-refractivity contribution >= 4 is 18.4 Å². The Kier molecular flexibility index (Phi) is 9.84. The van der Waals surface area contributed by atoms with Crippen LogP contribution in [0, 0.1) is 0 Å². The van der Waals surface area contributed by atoms with Crippen molar-refractivity contribution in [2.45, 2.75) is 51.0 Å². The molecule has 0 rings (SSSR count). The van der Waals surface area contributed by atoms with Crippen LogP contribution in [0.3, 0.4) is 0 Å². The van der Waals surface area contributed by atoms with Gasteiger partial charge in [0.2, 0.25) is 0 Å². The molecule has 0 aliphatic carbocycles. The molecule has 0 aromatic heterocycles. The summed E-state index contributed by atoms with van der Waals surface area (Å²) in [4.78, 5) is 10.6. The molecule has 0 amide bonds. The number of carboxylic acids is 1. The van der Waals surface area contributed by atoms with Gasteiger partial charge in [0.05, 0.1) is 0 Å². The number of hydrogen-bond donors (Lipinski definition) is 2. The van der Waals surface area contributed by atoms with E-state index < -0.39 is 11.5 Å². The SMILES string of the molecule is C=CCCCCCC[C@@](C)(N)C(=O)O.Cl. The van der Waals surface area contributed by atoms with Crippen LogP contribution in [0.25, 0.3) is 0 Å². The lowest BCUT2D eigenvalue weighted by atomic mass is 9.95. The predicted octanol–water partition coefficient (Wildman–Crippen LogP) is 2.74. The van der Waals surface area contributed by atoms with Crippen LogP contribution in [0.4, 0.5) is 0 Å². The van der Waals surface area contributed by atoms with Gasteiger partial charge in [-0.3, -0.25) is 4.79 Å². The summed E-state index contributed by atoms with van der Waals surface area (Å²) < 4.78 is 0. The van der Waals surface area contributed by atoms with Crippen LogP contribution in [0.15, 0.2) is 12.7 Å². The van der Waals surface area contributed by atoms with Crippen molar-refractivity contribution in [3.05, 3.63) is 12.7 Å². The lowest BCUT2D eigenvalue weighted by Crippen LogP contribution is -2.44. The van der Waals surface area contributed by atoms with Gasteiger partial charge in [0.25, 0.3) is 0 Å². The van der Waals surface area contributed by atoms with Gasteiger partial charge in [-0.15, -0.1) is 19.0 Å². The van der Waals surface area contributed by atoms with E-state index in [0.29, 0.717) is 6.42 Å². The van der Waals surface area contributed by atoms with E-state index in [1.807, 2.05) is 6.08 Å². The van der Waals surface area contributed by atoms with E-state index >= 15 is 0 Å². The Labute approximate surface area is 98.1 Å². The number of halogens is 1. The summed E-state index contributed by atoms with van der Waals surface area (Å²) in [5, 5.41) is 8.74. The molecule has 0 aliphatic heterocycles. The van der Waals surface area contributed by atoms with E-state index in [4.69, 9.17) is 10.8 Å². The van der Waals surface area contributed by atoms with Crippen molar-refractivity contribution in [1.29, 1.82) is 0 Å². The monoisotopic (exact) mass is 235 g/mol. The number of unbranched alkanes of at least 4 members (excludes halogenated alkanes) is 4. The third-order valence-corrected chi connectivity index (χ3v) is 2.34. The second-order valence-corrected chi connectivity index (χ2v) is 3.96.